The average Bonchev–Trinajstić information content (AvgIpc) is 2.03. The summed E-state index contributed by atoms with van der Waals surface area (Å²) >= 11 is 0. The Kier molecular flexibility index (Phi) is 2.94. The summed E-state index contributed by atoms with van der Waals surface area (Å²) in [4.78, 5) is 0. The highest BCUT2D eigenvalue weighted by atomic mass is 16.5. The Balaban J connectivity index is 2.56. The zero-order valence-corrected chi connectivity index (χ0v) is 8.63. The van der Waals surface area contributed by atoms with Crippen LogP contribution in [-0.2, 0) is 4.74 Å². The Hall–Kier alpha value is -0.300. The highest BCUT2D eigenvalue weighted by molar-refractivity contribution is 4.98. The molecule has 1 aliphatic rings. The molecule has 1 rings (SSSR count). The quantitative estimate of drug-likeness (QED) is 0.546. The third-order valence-electron chi connectivity index (χ3n) is 2.41. The number of hydrogen-bond donors (Lipinski definition) is 0. The van der Waals surface area contributed by atoms with Crippen molar-refractivity contribution >= 4 is 0 Å². The molecule has 0 saturated carbocycles. The van der Waals surface area contributed by atoms with Crippen molar-refractivity contribution in [3.63, 3.8) is 0 Å². The maximum atomic E-state index is 5.91. The Morgan fingerprint density at radius 3 is 2.58 bits per heavy atom. The summed E-state index contributed by atoms with van der Waals surface area (Å²) in [6.07, 6.45) is 7.34. The summed E-state index contributed by atoms with van der Waals surface area (Å²) in [5.41, 5.74) is 0.276. The molecule has 0 aromatic rings. The molecule has 1 nitrogen and oxygen atoms in total. The molecule has 70 valence electrons. The molecule has 0 aliphatic carbocycles. The van der Waals surface area contributed by atoms with Crippen LogP contribution in [-0.4, -0.2) is 12.2 Å². The van der Waals surface area contributed by atoms with Crippen LogP contribution in [0.25, 0.3) is 0 Å². The van der Waals surface area contributed by atoms with Crippen LogP contribution in [0.3, 0.4) is 0 Å². The number of hydrogen-bond acceptors (Lipinski definition) is 1. The van der Waals surface area contributed by atoms with Crippen molar-refractivity contribution in [2.75, 3.05) is 0 Å². The first-order chi connectivity index (χ1) is 5.54. The topological polar surface area (TPSA) is 9.23 Å². The van der Waals surface area contributed by atoms with Gasteiger partial charge in [-0.3, -0.25) is 0 Å². The Labute approximate surface area is 75.8 Å². The van der Waals surface area contributed by atoms with Crippen molar-refractivity contribution in [2.45, 2.75) is 52.7 Å². The van der Waals surface area contributed by atoms with Crippen molar-refractivity contribution in [3.05, 3.63) is 12.2 Å². The lowest BCUT2D eigenvalue weighted by atomic mass is 9.85. The van der Waals surface area contributed by atoms with E-state index in [9.17, 15) is 0 Å². The molecule has 12 heavy (non-hydrogen) atoms. The van der Waals surface area contributed by atoms with Gasteiger partial charge in [0.25, 0.3) is 0 Å². The standard InChI is InChI=1S/C11H20O/c1-5-9-7-6-8-10(12-9)11(2,3)4/h6-7,9-10H,5,8H2,1-4H3/t9-,10+/m1/s1. The molecule has 0 radical (unpaired) electrons. The van der Waals surface area contributed by atoms with Gasteiger partial charge in [0.15, 0.2) is 0 Å². The molecule has 0 aromatic carbocycles. The Morgan fingerprint density at radius 2 is 2.08 bits per heavy atom. The predicted molar refractivity (Wildman–Crippen MR) is 52.2 cm³/mol. The summed E-state index contributed by atoms with van der Waals surface area (Å²) in [7, 11) is 0. The predicted octanol–water partition coefficient (Wildman–Crippen LogP) is 3.16. The Bertz CT molecular complexity index is 164. The van der Waals surface area contributed by atoms with E-state index in [4.69, 9.17) is 4.74 Å². The normalized spacial score (nSPS) is 30.7. The van der Waals surface area contributed by atoms with Crippen LogP contribution in [0.2, 0.25) is 0 Å². The minimum atomic E-state index is 0.276. The fourth-order valence-corrected chi connectivity index (χ4v) is 1.46. The third kappa shape index (κ3) is 2.34. The van der Waals surface area contributed by atoms with Gasteiger partial charge in [0, 0.05) is 0 Å². The van der Waals surface area contributed by atoms with Gasteiger partial charge in [0.1, 0.15) is 0 Å². The molecule has 0 saturated heterocycles. The van der Waals surface area contributed by atoms with Crippen molar-refractivity contribution in [2.24, 2.45) is 5.41 Å². The van der Waals surface area contributed by atoms with Gasteiger partial charge in [0.05, 0.1) is 12.2 Å². The average molecular weight is 168 g/mol. The van der Waals surface area contributed by atoms with Crippen molar-refractivity contribution in [1.82, 2.24) is 0 Å². The summed E-state index contributed by atoms with van der Waals surface area (Å²) in [5, 5.41) is 0. The fraction of sp³-hybridized carbons (Fsp3) is 0.818. The van der Waals surface area contributed by atoms with E-state index in [1.54, 1.807) is 0 Å². The highest BCUT2D eigenvalue weighted by Crippen LogP contribution is 2.29. The van der Waals surface area contributed by atoms with Gasteiger partial charge in [-0.25, -0.2) is 0 Å². The first kappa shape index (κ1) is 9.79. The summed E-state index contributed by atoms with van der Waals surface area (Å²) in [5.74, 6) is 0. The largest absolute Gasteiger partial charge is 0.370 e. The van der Waals surface area contributed by atoms with E-state index < -0.39 is 0 Å². The zero-order valence-electron chi connectivity index (χ0n) is 8.63. The maximum absolute atomic E-state index is 5.91. The molecular weight excluding hydrogens is 148 g/mol. The van der Waals surface area contributed by atoms with Crippen LogP contribution >= 0.6 is 0 Å². The van der Waals surface area contributed by atoms with Crippen LogP contribution in [0.5, 0.6) is 0 Å². The van der Waals surface area contributed by atoms with E-state index in [1.165, 1.54) is 0 Å². The van der Waals surface area contributed by atoms with Crippen LogP contribution < -0.4 is 0 Å². The molecule has 0 spiro atoms. The molecule has 0 fully saturated rings. The van der Waals surface area contributed by atoms with Crippen molar-refractivity contribution in [3.8, 4) is 0 Å². The second-order valence-corrected chi connectivity index (χ2v) is 4.60. The lowest BCUT2D eigenvalue weighted by molar-refractivity contribution is -0.0538. The second-order valence-electron chi connectivity index (χ2n) is 4.60. The zero-order chi connectivity index (χ0) is 9.19. The van der Waals surface area contributed by atoms with Crippen molar-refractivity contribution < 1.29 is 4.74 Å². The van der Waals surface area contributed by atoms with Crippen molar-refractivity contribution in [1.29, 1.82) is 0 Å². The molecule has 0 N–H and O–H groups in total. The van der Waals surface area contributed by atoms with E-state index in [0.717, 1.165) is 12.8 Å². The summed E-state index contributed by atoms with van der Waals surface area (Å²) in [6, 6.07) is 0. The van der Waals surface area contributed by atoms with E-state index >= 15 is 0 Å². The summed E-state index contributed by atoms with van der Waals surface area (Å²) in [6.45, 7) is 8.89. The molecule has 0 aromatic heterocycles. The molecule has 1 heteroatoms. The van der Waals surface area contributed by atoms with Gasteiger partial charge in [-0.15, -0.1) is 0 Å². The van der Waals surface area contributed by atoms with Crippen LogP contribution in [0, 0.1) is 5.41 Å². The molecule has 0 unspecified atom stereocenters. The fourth-order valence-electron chi connectivity index (χ4n) is 1.46. The summed E-state index contributed by atoms with van der Waals surface area (Å²) < 4.78 is 5.91. The minimum absolute atomic E-state index is 0.276. The van der Waals surface area contributed by atoms with Gasteiger partial charge in [0.2, 0.25) is 0 Å². The van der Waals surface area contributed by atoms with Gasteiger partial charge in [-0.1, -0.05) is 39.8 Å². The van der Waals surface area contributed by atoms with Gasteiger partial charge in [-0.05, 0) is 18.3 Å². The Morgan fingerprint density at radius 1 is 1.42 bits per heavy atom. The third-order valence-corrected chi connectivity index (χ3v) is 2.41. The molecule has 1 heterocycles. The van der Waals surface area contributed by atoms with E-state index in [0.29, 0.717) is 12.2 Å². The van der Waals surface area contributed by atoms with Gasteiger partial charge < -0.3 is 4.74 Å². The van der Waals surface area contributed by atoms with Gasteiger partial charge in [-0.2, -0.15) is 0 Å². The first-order valence-corrected chi connectivity index (χ1v) is 4.86. The lowest BCUT2D eigenvalue weighted by Crippen LogP contribution is -2.34. The smallest absolute Gasteiger partial charge is 0.0757 e. The van der Waals surface area contributed by atoms with Crippen LogP contribution in [0.4, 0.5) is 0 Å². The molecule has 0 amide bonds. The van der Waals surface area contributed by atoms with Gasteiger partial charge >= 0.3 is 0 Å². The van der Waals surface area contributed by atoms with E-state index in [1.807, 2.05) is 0 Å². The lowest BCUT2D eigenvalue weighted by Gasteiger charge is -2.34. The molecule has 1 aliphatic heterocycles. The first-order valence-electron chi connectivity index (χ1n) is 4.86. The maximum Gasteiger partial charge on any atom is 0.0757 e. The SMILES string of the molecule is CC[C@@H]1C=CC[C@@H](C(C)(C)C)O1. The van der Waals surface area contributed by atoms with E-state index in [-0.39, 0.29) is 5.41 Å². The van der Waals surface area contributed by atoms with Crippen LogP contribution in [0.15, 0.2) is 12.2 Å². The molecule has 2 atom stereocenters. The molecular formula is C11H20O. The van der Waals surface area contributed by atoms with Crippen LogP contribution in [0.1, 0.15) is 40.5 Å². The number of rotatable bonds is 1. The molecule has 0 bridgehead atoms. The number of ether oxygens (including phenoxy) is 1. The van der Waals surface area contributed by atoms with E-state index in [2.05, 4.69) is 39.8 Å². The monoisotopic (exact) mass is 168 g/mol. The highest BCUT2D eigenvalue weighted by Gasteiger charge is 2.28. The minimum Gasteiger partial charge on any atom is -0.370 e. The second kappa shape index (κ2) is 3.61.